The summed E-state index contributed by atoms with van der Waals surface area (Å²) < 4.78 is 0. The Morgan fingerprint density at radius 3 is 2.77 bits per heavy atom. The van der Waals surface area contributed by atoms with Crippen molar-refractivity contribution in [3.05, 3.63) is 101 Å². The van der Waals surface area contributed by atoms with Gasteiger partial charge in [0.05, 0.1) is 0 Å². The average Bonchev–Trinajstić information content (AvgIpc) is 3.23. The zero-order valence-corrected chi connectivity index (χ0v) is 15.3. The fraction of sp³-hybridized carbons (Fsp3) is 0.143. The molecular weight excluding hydrogens is 346 g/mol. The molecule has 0 saturated heterocycles. The SMILES string of the molecule is C=C/C=C\C=C1/CN(Cc2ccc(Cl)cc2)C=C1C(=O)c1ncc(C)[nH]1. The first-order chi connectivity index (χ1) is 12.6. The monoisotopic (exact) mass is 365 g/mol. The van der Waals surface area contributed by atoms with E-state index in [1.54, 1.807) is 12.3 Å². The zero-order valence-electron chi connectivity index (χ0n) is 14.6. The third-order valence-electron chi connectivity index (χ3n) is 4.04. The molecule has 1 aliphatic heterocycles. The number of imidazole rings is 1. The number of carbonyl (C=O) groups excluding carboxylic acids is 1. The molecule has 0 amide bonds. The van der Waals surface area contributed by atoms with Crippen molar-refractivity contribution in [3.8, 4) is 0 Å². The lowest BCUT2D eigenvalue weighted by molar-refractivity contribution is 0.102. The summed E-state index contributed by atoms with van der Waals surface area (Å²) in [7, 11) is 0. The molecule has 0 atom stereocenters. The lowest BCUT2D eigenvalue weighted by atomic mass is 10.0. The number of Topliss-reactive ketones (excluding diaryl/α,β-unsaturated/α-hetero) is 1. The number of allylic oxidation sites excluding steroid dienone is 4. The molecule has 0 bridgehead atoms. The highest BCUT2D eigenvalue weighted by Gasteiger charge is 2.25. The highest BCUT2D eigenvalue weighted by Crippen LogP contribution is 2.26. The van der Waals surface area contributed by atoms with Gasteiger partial charge in [-0.1, -0.05) is 54.6 Å². The Morgan fingerprint density at radius 2 is 2.12 bits per heavy atom. The van der Waals surface area contributed by atoms with E-state index in [4.69, 9.17) is 11.6 Å². The summed E-state index contributed by atoms with van der Waals surface area (Å²) in [4.78, 5) is 22.2. The Kier molecular flexibility index (Phi) is 5.54. The summed E-state index contributed by atoms with van der Waals surface area (Å²) in [6.45, 7) is 6.91. The molecule has 0 aliphatic carbocycles. The Bertz CT molecular complexity index is 904. The Labute approximate surface area is 158 Å². The fourth-order valence-corrected chi connectivity index (χ4v) is 2.92. The van der Waals surface area contributed by atoms with Crippen LogP contribution < -0.4 is 0 Å². The minimum absolute atomic E-state index is 0.102. The predicted octanol–water partition coefficient (Wildman–Crippen LogP) is 4.62. The second kappa shape index (κ2) is 8.02. The van der Waals surface area contributed by atoms with E-state index >= 15 is 0 Å². The zero-order chi connectivity index (χ0) is 18.5. The van der Waals surface area contributed by atoms with Crippen LogP contribution >= 0.6 is 11.6 Å². The van der Waals surface area contributed by atoms with E-state index in [0.29, 0.717) is 29.5 Å². The minimum atomic E-state index is -0.102. The molecule has 0 fully saturated rings. The number of nitrogens with zero attached hydrogens (tertiary/aromatic N) is 2. The molecule has 2 heterocycles. The van der Waals surface area contributed by atoms with Gasteiger partial charge in [0.15, 0.2) is 5.82 Å². The van der Waals surface area contributed by atoms with Crippen LogP contribution in [-0.2, 0) is 6.54 Å². The molecule has 132 valence electrons. The molecule has 1 aromatic heterocycles. The first kappa shape index (κ1) is 18.0. The average molecular weight is 366 g/mol. The van der Waals surface area contributed by atoms with E-state index in [9.17, 15) is 4.79 Å². The van der Waals surface area contributed by atoms with Gasteiger partial charge in [-0.2, -0.15) is 0 Å². The van der Waals surface area contributed by atoms with E-state index in [-0.39, 0.29) is 5.78 Å². The van der Waals surface area contributed by atoms with E-state index in [2.05, 4.69) is 21.4 Å². The Morgan fingerprint density at radius 1 is 1.35 bits per heavy atom. The quantitative estimate of drug-likeness (QED) is 0.600. The van der Waals surface area contributed by atoms with Crippen LogP contribution in [0.1, 0.15) is 21.9 Å². The first-order valence-electron chi connectivity index (χ1n) is 8.32. The van der Waals surface area contributed by atoms with Crippen molar-refractivity contribution < 1.29 is 4.79 Å². The number of H-pyrrole nitrogens is 1. The number of aromatic nitrogens is 2. The summed E-state index contributed by atoms with van der Waals surface area (Å²) in [5.41, 5.74) is 3.61. The standard InChI is InChI=1S/C21H20ClN3O/c1-3-4-5-6-17-13-25(12-16-7-9-18(22)10-8-16)14-19(17)20(26)21-23-11-15(2)24-21/h3-11,14H,1,12-13H2,2H3,(H,23,24)/b5-4-,17-6+. The topological polar surface area (TPSA) is 49.0 Å². The van der Waals surface area contributed by atoms with Crippen LogP contribution in [0.15, 0.2) is 78.7 Å². The largest absolute Gasteiger partial charge is 0.368 e. The predicted molar refractivity (Wildman–Crippen MR) is 105 cm³/mol. The number of ketones is 1. The molecule has 26 heavy (non-hydrogen) atoms. The van der Waals surface area contributed by atoms with Gasteiger partial charge in [0.25, 0.3) is 0 Å². The molecule has 2 aromatic rings. The molecule has 5 heteroatoms. The highest BCUT2D eigenvalue weighted by molar-refractivity contribution is 6.30. The van der Waals surface area contributed by atoms with Gasteiger partial charge in [0, 0.05) is 41.8 Å². The molecule has 1 aromatic carbocycles. The number of carbonyl (C=O) groups is 1. The van der Waals surface area contributed by atoms with Gasteiger partial charge in [-0.3, -0.25) is 4.79 Å². The number of aryl methyl sites for hydroxylation is 1. The van der Waals surface area contributed by atoms with Gasteiger partial charge in [-0.15, -0.1) is 0 Å². The van der Waals surface area contributed by atoms with Crippen molar-refractivity contribution in [2.24, 2.45) is 0 Å². The molecule has 1 aliphatic rings. The molecule has 0 spiro atoms. The van der Waals surface area contributed by atoms with Gasteiger partial charge in [-0.05, 0) is 30.2 Å². The van der Waals surface area contributed by atoms with E-state index < -0.39 is 0 Å². The fourth-order valence-electron chi connectivity index (χ4n) is 2.79. The maximum atomic E-state index is 12.9. The maximum absolute atomic E-state index is 12.9. The van der Waals surface area contributed by atoms with Gasteiger partial charge in [-0.25, -0.2) is 4.98 Å². The third-order valence-corrected chi connectivity index (χ3v) is 4.29. The van der Waals surface area contributed by atoms with Crippen molar-refractivity contribution >= 4 is 17.4 Å². The molecular formula is C21H20ClN3O. The molecule has 0 unspecified atom stereocenters. The van der Waals surface area contributed by atoms with Gasteiger partial charge in [0.1, 0.15) is 0 Å². The highest BCUT2D eigenvalue weighted by atomic mass is 35.5. The Hall–Kier alpha value is -2.85. The molecule has 0 radical (unpaired) electrons. The molecule has 4 nitrogen and oxygen atoms in total. The summed E-state index contributed by atoms with van der Waals surface area (Å²) in [6, 6.07) is 7.73. The van der Waals surface area contributed by atoms with Crippen LogP contribution in [0.5, 0.6) is 0 Å². The number of nitrogens with one attached hydrogen (secondary N) is 1. The summed E-state index contributed by atoms with van der Waals surface area (Å²) in [5.74, 6) is 0.260. The lowest BCUT2D eigenvalue weighted by Gasteiger charge is -2.15. The lowest BCUT2D eigenvalue weighted by Crippen LogP contribution is -2.14. The van der Waals surface area contributed by atoms with Gasteiger partial charge < -0.3 is 9.88 Å². The van der Waals surface area contributed by atoms with Crippen LogP contribution in [0.4, 0.5) is 0 Å². The number of rotatable bonds is 6. The summed E-state index contributed by atoms with van der Waals surface area (Å²) in [6.07, 6.45) is 11.0. The van der Waals surface area contributed by atoms with Crippen LogP contribution in [0, 0.1) is 6.92 Å². The smallest absolute Gasteiger partial charge is 0.230 e. The van der Waals surface area contributed by atoms with Crippen molar-refractivity contribution in [2.45, 2.75) is 13.5 Å². The number of hydrogen-bond donors (Lipinski definition) is 1. The molecule has 0 saturated carbocycles. The van der Waals surface area contributed by atoms with E-state index in [0.717, 1.165) is 16.8 Å². The van der Waals surface area contributed by atoms with Crippen molar-refractivity contribution in [1.29, 1.82) is 0 Å². The van der Waals surface area contributed by atoms with Crippen LogP contribution in [0.3, 0.4) is 0 Å². The second-order valence-corrected chi connectivity index (χ2v) is 6.57. The maximum Gasteiger partial charge on any atom is 0.230 e. The van der Waals surface area contributed by atoms with Crippen LogP contribution in [-0.4, -0.2) is 27.2 Å². The van der Waals surface area contributed by atoms with E-state index in [1.165, 1.54) is 0 Å². The van der Waals surface area contributed by atoms with Crippen molar-refractivity contribution in [2.75, 3.05) is 6.54 Å². The number of benzene rings is 1. The van der Waals surface area contributed by atoms with Gasteiger partial charge in [0.2, 0.25) is 5.78 Å². The van der Waals surface area contributed by atoms with Gasteiger partial charge >= 0.3 is 0 Å². The third kappa shape index (κ3) is 4.21. The number of hydrogen-bond acceptors (Lipinski definition) is 3. The van der Waals surface area contributed by atoms with E-state index in [1.807, 2.05) is 55.6 Å². The van der Waals surface area contributed by atoms with Crippen LogP contribution in [0.25, 0.3) is 0 Å². The second-order valence-electron chi connectivity index (χ2n) is 6.13. The van der Waals surface area contributed by atoms with Crippen molar-refractivity contribution in [3.63, 3.8) is 0 Å². The first-order valence-corrected chi connectivity index (χ1v) is 8.70. The minimum Gasteiger partial charge on any atom is -0.368 e. The summed E-state index contributed by atoms with van der Waals surface area (Å²) in [5, 5.41) is 0.713. The molecule has 1 N–H and O–H groups in total. The number of halogens is 1. The van der Waals surface area contributed by atoms with Crippen molar-refractivity contribution in [1.82, 2.24) is 14.9 Å². The molecule has 3 rings (SSSR count). The normalized spacial score (nSPS) is 15.7. The van der Waals surface area contributed by atoms with Crippen LogP contribution in [0.2, 0.25) is 5.02 Å². The summed E-state index contributed by atoms with van der Waals surface area (Å²) >= 11 is 5.95. The number of aromatic amines is 1. The Balaban J connectivity index is 1.86.